The van der Waals surface area contributed by atoms with Crippen LogP contribution in [0.25, 0.3) is 0 Å². The van der Waals surface area contributed by atoms with Crippen LogP contribution in [-0.4, -0.2) is 131 Å². The fourth-order valence-corrected chi connectivity index (χ4v) is 18.6. The predicted molar refractivity (Wildman–Crippen MR) is 595 cm³/mol. The van der Waals surface area contributed by atoms with Crippen molar-refractivity contribution in [1.29, 1.82) is 0 Å². The molecule has 1 N–H and O–H groups in total. The normalized spacial score (nSPS) is 11.4. The van der Waals surface area contributed by atoms with Crippen LogP contribution in [0.2, 0.25) is 0 Å². The van der Waals surface area contributed by atoms with Crippen molar-refractivity contribution in [3.8, 4) is 34.5 Å². The van der Waals surface area contributed by atoms with Crippen molar-refractivity contribution in [3.63, 3.8) is 0 Å². The van der Waals surface area contributed by atoms with Crippen LogP contribution in [0.1, 0.15) is 254 Å². The number of unbranched alkanes of at least 4 members (excludes halogenated alkanes) is 18. The maximum atomic E-state index is 9.81. The van der Waals surface area contributed by atoms with Gasteiger partial charge in [0.25, 0.3) is 0 Å². The number of methoxy groups -OCH3 is 3. The molecular weight excluding hydrogens is 2360 g/mol. The number of carbonyl (C=O) groups excluding carboxylic acids is 2. The number of esters is 2. The van der Waals surface area contributed by atoms with Gasteiger partial charge in [-0.1, -0.05) is 195 Å². The molecule has 3 saturated heterocycles. The third-order valence-corrected chi connectivity index (χ3v) is 26.1. The summed E-state index contributed by atoms with van der Waals surface area (Å²) in [5.41, 5.74) is 5.49. The number of hydrogen-bond acceptors (Lipinski definition) is 19. The van der Waals surface area contributed by atoms with E-state index in [2.05, 4.69) is 213 Å². The number of rotatable bonds is 41. The Hall–Kier alpha value is -1.01. The van der Waals surface area contributed by atoms with Crippen molar-refractivity contribution in [2.75, 3.05) is 106 Å². The molecule has 126 heavy (non-hydrogen) atoms. The van der Waals surface area contributed by atoms with E-state index in [1.54, 1.807) is 90.9 Å². The number of halogens is 10. The predicted octanol–water partition coefficient (Wildman–Crippen LogP) is 35.6. The molecule has 1 radical (unpaired) electrons. The van der Waals surface area contributed by atoms with Crippen LogP contribution in [0.15, 0.2) is 162 Å². The summed E-state index contributed by atoms with van der Waals surface area (Å²) in [5.74, 6) is 3.46. The monoisotopic (exact) mass is 2510 g/mol. The summed E-state index contributed by atoms with van der Waals surface area (Å²) >= 11 is 42.4. The van der Waals surface area contributed by atoms with E-state index in [4.69, 9.17) is 45.7 Å². The summed E-state index contributed by atoms with van der Waals surface area (Å²) in [6.07, 6.45) is 43.1. The molecule has 0 amide bonds. The number of aromatic hydroxyl groups is 1. The summed E-state index contributed by atoms with van der Waals surface area (Å²) in [4.78, 5) is 19.6. The molecule has 3 fully saturated rings. The fraction of sp³-hybridized carbons (Fsp3) is 0.583. The SMILES string of the molecule is Br.BrCCCCCCBr.BrCCCCCCc1cc(Br)sc1Br.BrCCCCCCc1ccsc1.Brc1ccsc1.C.C.C.C1CCOC1.C1CCOC1.C1CCOC1.CC(=O)OC(C)=O.COc1ccc(O)cc1.COc1ccc(OCCCCCCBr)cc1.COc1ccc(OCCCCCCc2ccsc2)cc1.[3H]c1cc(CCCCCCBr)c([3H])s1.[B]=NS. The second-order valence-electron chi connectivity index (χ2n) is 27.1. The van der Waals surface area contributed by atoms with E-state index >= 15 is 0 Å². The van der Waals surface area contributed by atoms with E-state index in [0.717, 1.165) is 145 Å². The molecule has 8 aromatic rings. The molecule has 13 nitrogen and oxygen atoms in total. The number of thiol groups is 1. The molecule has 0 bridgehead atoms. The van der Waals surface area contributed by atoms with Crippen LogP contribution in [0.3, 0.4) is 0 Å². The Morgan fingerprint density at radius 2 is 0.730 bits per heavy atom. The number of ether oxygens (including phenoxy) is 9. The Morgan fingerprint density at radius 3 is 0.968 bits per heavy atom. The van der Waals surface area contributed by atoms with Crippen molar-refractivity contribution >= 4 is 249 Å². The van der Waals surface area contributed by atoms with Gasteiger partial charge in [0.15, 0.2) is 0 Å². The molecule has 0 spiro atoms. The number of benzene rings is 3. The van der Waals surface area contributed by atoms with Crippen LogP contribution in [0.5, 0.6) is 34.5 Å². The average Bonchev–Trinajstić information content (AvgIpc) is 1.74. The number of phenols is 1. The van der Waals surface area contributed by atoms with Crippen molar-refractivity contribution in [2.45, 2.75) is 254 Å². The van der Waals surface area contributed by atoms with Gasteiger partial charge >= 0.3 is 36.7 Å². The first kappa shape index (κ1) is 131. The van der Waals surface area contributed by atoms with Crippen molar-refractivity contribution in [2.24, 2.45) is 4.30 Å². The fourth-order valence-electron chi connectivity index (χ4n) is 10.2. The molecule has 721 valence electrons. The quantitative estimate of drug-likeness (QED) is 0.00938. The molecule has 3 aliphatic heterocycles. The summed E-state index contributed by atoms with van der Waals surface area (Å²) in [5, 5.41) is 29.6. The van der Waals surface area contributed by atoms with E-state index in [9.17, 15) is 9.59 Å². The van der Waals surface area contributed by atoms with Crippen LogP contribution in [-0.2, 0) is 54.2 Å². The summed E-state index contributed by atoms with van der Waals surface area (Å²) in [6, 6.07) is 32.6. The molecule has 5 aromatic heterocycles. The first-order valence-corrected chi connectivity index (χ1v) is 56.2. The summed E-state index contributed by atoms with van der Waals surface area (Å²) in [7, 11) is 9.27. The third-order valence-electron chi connectivity index (χ3n) is 16.8. The van der Waals surface area contributed by atoms with Gasteiger partial charge in [-0.15, -0.1) is 28.3 Å². The van der Waals surface area contributed by atoms with E-state index in [1.165, 1.54) is 247 Å². The Balaban J connectivity index is -0.000000322. The molecule has 0 unspecified atom stereocenters. The van der Waals surface area contributed by atoms with Crippen molar-refractivity contribution in [3.05, 3.63) is 180 Å². The summed E-state index contributed by atoms with van der Waals surface area (Å²) < 4.78 is 66.5. The van der Waals surface area contributed by atoms with Crippen LogP contribution >= 0.6 is 230 Å². The van der Waals surface area contributed by atoms with Gasteiger partial charge in [0.2, 0.25) is 0 Å². The minimum atomic E-state index is -0.562. The zero-order valence-corrected chi connectivity index (χ0v) is 93.9. The first-order chi connectivity index (χ1) is 60.3. The molecule has 11 rings (SSSR count). The standard InChI is InChI=1S/C17H22O2S.C13H19BrO2.C10H13Br3S.2C10H15BrS.C7H8O2.C6H12Br2.C4H3BrS.C4H6O3.3C4H8O.3CH4.BHNS.BrH/c1-18-16-7-9-17(10-8-16)19-12-5-3-2-4-6-15-11-13-20-14-15;1-15-12-6-8-13(9-7-12)16-11-5-3-2-4-10-14;11-6-4-2-1-3-5-8-7-9(12)14-10(8)13;2*11-7-4-2-1-3-5-10-6-8-12-9-10;1-9-7-4-2-6(8)3-5-7;7-5-3-1-2-4-6-8;5-4-1-2-6-3-4;1-3(5)7-4(2)6;3*1-2-4-5-3-1;;;;1-2-3;/h7-11,13-14H,2-6,12H2,1H3;6-9H,2-5,10-11H2,1H3;7H,1-6H2;2*6,8-9H,1-5,7H2;2-5,8H,1H3;1-6H2;1-3H;1-2H3;3*1-4H2;3*1H4;3H;1H/i;;;8T,9T;;;;;;;;;;;;;. The Kier molecular flexibility index (Phi) is 112. The average molecular weight is 2520 g/mol. The van der Waals surface area contributed by atoms with Crippen LogP contribution < -0.4 is 23.7 Å². The zero-order valence-electron chi connectivity index (χ0n) is 75.0. The van der Waals surface area contributed by atoms with Gasteiger partial charge in [0.1, 0.15) is 34.5 Å². The molecule has 3 aromatic carbocycles. The molecule has 0 atom stereocenters. The third kappa shape index (κ3) is 96.1. The Bertz CT molecular complexity index is 3420. The van der Waals surface area contributed by atoms with E-state index in [0.29, 0.717) is 10.7 Å². The van der Waals surface area contributed by atoms with Gasteiger partial charge in [0, 0.05) is 95.3 Å². The second kappa shape index (κ2) is 108. The molecule has 8 heterocycles. The molecule has 3 aliphatic rings. The number of carbonyl (C=O) groups is 2. The van der Waals surface area contributed by atoms with E-state index < -0.39 is 11.9 Å². The second-order valence-corrected chi connectivity index (χ2v) is 39.7. The topological polar surface area (TPSA) is 150 Å². The first-order valence-electron chi connectivity index (χ1n) is 43.2. The number of nitrogens with zero attached hydrogens (tertiary/aromatic N) is 1. The number of thiophene rings is 5. The van der Waals surface area contributed by atoms with Gasteiger partial charge in [-0.3, -0.25) is 9.59 Å². The van der Waals surface area contributed by atoms with E-state index in [-0.39, 0.29) is 45.0 Å². The number of aryl methyl sites for hydroxylation is 4. The summed E-state index contributed by atoms with van der Waals surface area (Å²) in [6.45, 7) is 9.96. The van der Waals surface area contributed by atoms with Crippen molar-refractivity contribution < 1.29 is 60.1 Å². The van der Waals surface area contributed by atoms with Crippen LogP contribution in [0, 0.1) is 0 Å². The van der Waals surface area contributed by atoms with Gasteiger partial charge in [-0.2, -0.15) is 45.3 Å². The Morgan fingerprint density at radius 1 is 0.429 bits per heavy atom. The van der Waals surface area contributed by atoms with Gasteiger partial charge in [-0.25, -0.2) is 0 Å². The maximum absolute atomic E-state index is 9.81. The zero-order chi connectivity index (χ0) is 91.6. The number of alkyl halides is 6. The van der Waals surface area contributed by atoms with Gasteiger partial charge in [-0.05, 0) is 352 Å². The molecular formula is C96H151BBr10NO12S6. The molecule has 0 saturated carbocycles. The minimum absolute atomic E-state index is 0. The van der Waals surface area contributed by atoms with E-state index in [1.807, 2.05) is 71.4 Å². The van der Waals surface area contributed by atoms with Gasteiger partial charge in [0.05, 0.1) is 44.9 Å². The molecule has 0 aliphatic carbocycles. The Labute approximate surface area is 879 Å². The van der Waals surface area contributed by atoms with Crippen LogP contribution in [0.4, 0.5) is 0 Å². The van der Waals surface area contributed by atoms with Crippen molar-refractivity contribution in [1.82, 2.24) is 0 Å². The number of phenolic OH excluding ortho intramolecular Hbond substituents is 1. The number of hydrogen-bond donors (Lipinski definition) is 2. The van der Waals surface area contributed by atoms with Gasteiger partial charge < -0.3 is 47.7 Å². The molecule has 30 heteroatoms.